The third kappa shape index (κ3) is 5.34. The van der Waals surface area contributed by atoms with Crippen LogP contribution < -0.4 is 0 Å². The number of hydrogen-bond donors (Lipinski definition) is 0. The molecule has 0 saturated heterocycles. The molecule has 3 heterocycles. The normalized spacial score (nSPS) is 11.6. The summed E-state index contributed by atoms with van der Waals surface area (Å²) in [6, 6.07) is 69.3. The van der Waals surface area contributed by atoms with Gasteiger partial charge in [0.25, 0.3) is 0 Å². The zero-order valence-corrected chi connectivity index (χ0v) is 31.1. The van der Waals surface area contributed by atoms with E-state index in [-0.39, 0.29) is 0 Å². The first kappa shape index (κ1) is 32.3. The van der Waals surface area contributed by atoms with Gasteiger partial charge in [0.05, 0.1) is 28.6 Å². The van der Waals surface area contributed by atoms with Crippen molar-refractivity contribution in [2.45, 2.75) is 0 Å². The molecule has 56 heavy (non-hydrogen) atoms. The highest BCUT2D eigenvalue weighted by Gasteiger charge is 2.24. The molecular formula is C52H33N3S. The van der Waals surface area contributed by atoms with Crippen molar-refractivity contribution in [3.63, 3.8) is 0 Å². The molecule has 0 saturated carbocycles. The summed E-state index contributed by atoms with van der Waals surface area (Å²) in [5.41, 5.74) is 13.3. The minimum atomic E-state index is 0.699. The van der Waals surface area contributed by atoms with Gasteiger partial charge in [-0.25, -0.2) is 9.97 Å². The second kappa shape index (κ2) is 13.3. The maximum atomic E-state index is 5.35. The van der Waals surface area contributed by atoms with E-state index in [0.29, 0.717) is 5.82 Å². The standard InChI is InChI=1S/C52H33N3S/c1-6-16-34(17-7-1)39-26-28-44-42(30-39)48-45(55(44)46-33-53-52(38-24-14-5-15-25-38)54-50(46)37-22-12-4-13-23-37)32-41(36-20-10-3-11-21-36)51-49(48)43-31-40(27-29-47(43)56-51)35-18-8-2-9-19-35/h1-33H. The van der Waals surface area contributed by atoms with Gasteiger partial charge in [0.2, 0.25) is 0 Å². The van der Waals surface area contributed by atoms with E-state index in [1.165, 1.54) is 64.3 Å². The summed E-state index contributed by atoms with van der Waals surface area (Å²) in [4.78, 5) is 10.4. The summed E-state index contributed by atoms with van der Waals surface area (Å²) in [6.07, 6.45) is 2.02. The van der Waals surface area contributed by atoms with Gasteiger partial charge in [-0.05, 0) is 58.1 Å². The highest BCUT2D eigenvalue weighted by atomic mass is 32.1. The van der Waals surface area contributed by atoms with Crippen LogP contribution in [0.3, 0.4) is 0 Å². The summed E-state index contributed by atoms with van der Waals surface area (Å²) in [7, 11) is 0. The lowest BCUT2D eigenvalue weighted by molar-refractivity contribution is 1.09. The first-order chi connectivity index (χ1) is 27.8. The quantitative estimate of drug-likeness (QED) is 0.170. The molecule has 0 fully saturated rings. The Kier molecular flexibility index (Phi) is 7.68. The molecule has 0 aliphatic rings. The van der Waals surface area contributed by atoms with E-state index in [1.54, 1.807) is 0 Å². The average molecular weight is 732 g/mol. The molecule has 0 amide bonds. The second-order valence-corrected chi connectivity index (χ2v) is 15.2. The molecule has 3 aromatic heterocycles. The number of rotatable bonds is 6. The van der Waals surface area contributed by atoms with Crippen molar-refractivity contribution in [3.8, 4) is 61.7 Å². The Hall–Kier alpha value is -7.14. The van der Waals surface area contributed by atoms with Gasteiger partial charge < -0.3 is 4.57 Å². The zero-order valence-electron chi connectivity index (χ0n) is 30.3. The van der Waals surface area contributed by atoms with Crippen molar-refractivity contribution in [2.24, 2.45) is 0 Å². The monoisotopic (exact) mass is 731 g/mol. The fourth-order valence-corrected chi connectivity index (χ4v) is 9.46. The summed E-state index contributed by atoms with van der Waals surface area (Å²) in [6.45, 7) is 0. The first-order valence-corrected chi connectivity index (χ1v) is 19.7. The van der Waals surface area contributed by atoms with E-state index in [4.69, 9.17) is 9.97 Å². The Bertz CT molecular complexity index is 3210. The molecule has 11 rings (SSSR count). The maximum absolute atomic E-state index is 5.35. The summed E-state index contributed by atoms with van der Waals surface area (Å²) in [5, 5.41) is 4.96. The molecular weight excluding hydrogens is 699 g/mol. The first-order valence-electron chi connectivity index (χ1n) is 18.9. The van der Waals surface area contributed by atoms with E-state index in [1.807, 2.05) is 35.7 Å². The molecule has 11 aromatic rings. The predicted octanol–water partition coefficient (Wildman–Crippen LogP) is 14.3. The van der Waals surface area contributed by atoms with Gasteiger partial charge in [0, 0.05) is 47.6 Å². The third-order valence-electron chi connectivity index (χ3n) is 10.9. The minimum absolute atomic E-state index is 0.699. The van der Waals surface area contributed by atoms with E-state index in [2.05, 4.69) is 180 Å². The number of aromatic nitrogens is 3. The van der Waals surface area contributed by atoms with Gasteiger partial charge in [-0.15, -0.1) is 11.3 Å². The molecule has 0 bridgehead atoms. The third-order valence-corrected chi connectivity index (χ3v) is 12.1. The Labute approximate surface area is 328 Å². The molecule has 262 valence electrons. The van der Waals surface area contributed by atoms with Gasteiger partial charge >= 0.3 is 0 Å². The molecule has 3 nitrogen and oxygen atoms in total. The average Bonchev–Trinajstić information content (AvgIpc) is 3.82. The Morgan fingerprint density at radius 1 is 0.411 bits per heavy atom. The fraction of sp³-hybridized carbons (Fsp3) is 0. The van der Waals surface area contributed by atoms with Gasteiger partial charge in [-0.3, -0.25) is 0 Å². The van der Waals surface area contributed by atoms with Gasteiger partial charge in [0.1, 0.15) is 0 Å². The molecule has 0 unspecified atom stereocenters. The summed E-state index contributed by atoms with van der Waals surface area (Å²) >= 11 is 1.88. The summed E-state index contributed by atoms with van der Waals surface area (Å²) in [5.74, 6) is 0.699. The topological polar surface area (TPSA) is 30.7 Å². The minimum Gasteiger partial charge on any atom is -0.306 e. The molecule has 0 spiro atoms. The molecule has 0 aliphatic heterocycles. The van der Waals surface area contributed by atoms with Crippen LogP contribution >= 0.6 is 11.3 Å². The van der Waals surface area contributed by atoms with E-state index >= 15 is 0 Å². The maximum Gasteiger partial charge on any atom is 0.159 e. The van der Waals surface area contributed by atoms with E-state index < -0.39 is 0 Å². The molecule has 0 N–H and O–H groups in total. The van der Waals surface area contributed by atoms with E-state index in [0.717, 1.165) is 33.5 Å². The van der Waals surface area contributed by atoms with Crippen molar-refractivity contribution >= 4 is 53.3 Å². The number of nitrogens with zero attached hydrogens (tertiary/aromatic N) is 3. The van der Waals surface area contributed by atoms with Crippen molar-refractivity contribution < 1.29 is 0 Å². The van der Waals surface area contributed by atoms with Crippen molar-refractivity contribution in [3.05, 3.63) is 200 Å². The highest BCUT2D eigenvalue weighted by Crippen LogP contribution is 2.49. The van der Waals surface area contributed by atoms with Crippen molar-refractivity contribution in [1.29, 1.82) is 0 Å². The van der Waals surface area contributed by atoms with Crippen molar-refractivity contribution in [2.75, 3.05) is 0 Å². The lowest BCUT2D eigenvalue weighted by Gasteiger charge is -2.15. The van der Waals surface area contributed by atoms with Crippen LogP contribution in [0.5, 0.6) is 0 Å². The smallest absolute Gasteiger partial charge is 0.159 e. The number of fused-ring (bicyclic) bond motifs is 7. The Morgan fingerprint density at radius 3 is 1.57 bits per heavy atom. The SMILES string of the molecule is c1ccc(-c2ccc3sc4c(-c5ccccc5)cc5c(c6cc(-c7ccccc7)ccc6n5-c5cnc(-c6ccccc6)nc5-c5ccccc5)c4c3c2)cc1. The Balaban J connectivity index is 1.31. The lowest BCUT2D eigenvalue weighted by Crippen LogP contribution is -2.03. The van der Waals surface area contributed by atoms with Crippen LogP contribution in [0.15, 0.2) is 200 Å². The Morgan fingerprint density at radius 2 is 0.946 bits per heavy atom. The van der Waals surface area contributed by atoms with Crippen LogP contribution in [0.2, 0.25) is 0 Å². The summed E-state index contributed by atoms with van der Waals surface area (Å²) < 4.78 is 4.96. The largest absolute Gasteiger partial charge is 0.306 e. The van der Waals surface area contributed by atoms with Crippen LogP contribution in [0.1, 0.15) is 0 Å². The molecule has 0 atom stereocenters. The van der Waals surface area contributed by atoms with Gasteiger partial charge in [-0.2, -0.15) is 0 Å². The van der Waals surface area contributed by atoms with E-state index in [9.17, 15) is 0 Å². The second-order valence-electron chi connectivity index (χ2n) is 14.2. The van der Waals surface area contributed by atoms with Gasteiger partial charge in [-0.1, -0.05) is 164 Å². The lowest BCUT2D eigenvalue weighted by atomic mass is 9.96. The zero-order chi connectivity index (χ0) is 37.0. The number of hydrogen-bond acceptors (Lipinski definition) is 3. The van der Waals surface area contributed by atoms with Crippen LogP contribution in [0.4, 0.5) is 0 Å². The fourth-order valence-electron chi connectivity index (χ4n) is 8.23. The van der Waals surface area contributed by atoms with Crippen LogP contribution in [-0.4, -0.2) is 14.5 Å². The van der Waals surface area contributed by atoms with Crippen molar-refractivity contribution in [1.82, 2.24) is 14.5 Å². The highest BCUT2D eigenvalue weighted by molar-refractivity contribution is 7.26. The van der Waals surface area contributed by atoms with Crippen LogP contribution in [0.25, 0.3) is 104 Å². The number of thiophene rings is 1. The molecule has 0 radical (unpaired) electrons. The van der Waals surface area contributed by atoms with Gasteiger partial charge in [0.15, 0.2) is 5.82 Å². The van der Waals surface area contributed by atoms with Crippen LogP contribution in [0, 0.1) is 0 Å². The number of benzene rings is 8. The van der Waals surface area contributed by atoms with Crippen LogP contribution in [-0.2, 0) is 0 Å². The molecule has 0 aliphatic carbocycles. The molecule has 8 aromatic carbocycles. The predicted molar refractivity (Wildman–Crippen MR) is 236 cm³/mol. The molecule has 4 heteroatoms.